The number of aromatic nitrogens is 3. The maximum Gasteiger partial charge on any atom is 0.235 e. The monoisotopic (exact) mass is 358 g/mol. The van der Waals surface area contributed by atoms with Crippen molar-refractivity contribution in [2.75, 3.05) is 0 Å². The van der Waals surface area contributed by atoms with E-state index in [1.165, 1.54) is 11.8 Å². The van der Waals surface area contributed by atoms with Crippen LogP contribution in [0.3, 0.4) is 0 Å². The molecule has 2 aromatic carbocycles. The fourth-order valence-electron chi connectivity index (χ4n) is 2.29. The second-order valence-corrected chi connectivity index (χ2v) is 6.69. The van der Waals surface area contributed by atoms with Gasteiger partial charge in [0.1, 0.15) is 5.25 Å². The van der Waals surface area contributed by atoms with Crippen molar-refractivity contribution in [3.63, 3.8) is 0 Å². The molecule has 0 aliphatic heterocycles. The van der Waals surface area contributed by atoms with E-state index >= 15 is 0 Å². The maximum atomic E-state index is 11.9. The molecule has 3 aromatic rings. The third kappa shape index (κ3) is 3.44. The minimum absolute atomic E-state index is 0.415. The smallest absolute Gasteiger partial charge is 0.235 e. The highest BCUT2D eigenvalue weighted by Gasteiger charge is 2.23. The highest BCUT2D eigenvalue weighted by molar-refractivity contribution is 8.00. The number of benzene rings is 2. The van der Waals surface area contributed by atoms with Gasteiger partial charge in [0, 0.05) is 17.6 Å². The van der Waals surface area contributed by atoms with Crippen LogP contribution in [0.1, 0.15) is 10.8 Å². The first-order valence-corrected chi connectivity index (χ1v) is 8.48. The van der Waals surface area contributed by atoms with Gasteiger partial charge in [-0.1, -0.05) is 53.7 Å². The van der Waals surface area contributed by atoms with Gasteiger partial charge in [0.2, 0.25) is 5.91 Å². The number of primary amides is 1. The number of nitrogens with zero attached hydrogens (tertiary/aromatic N) is 3. The summed E-state index contributed by atoms with van der Waals surface area (Å²) in [6.45, 7) is 0. The molecule has 0 saturated heterocycles. The first-order chi connectivity index (χ1) is 11.6. The average molecular weight is 359 g/mol. The van der Waals surface area contributed by atoms with Gasteiger partial charge in [0.15, 0.2) is 11.0 Å². The third-order valence-electron chi connectivity index (χ3n) is 3.52. The Kier molecular flexibility index (Phi) is 4.87. The zero-order chi connectivity index (χ0) is 17.1. The van der Waals surface area contributed by atoms with Gasteiger partial charge in [0.25, 0.3) is 0 Å². The number of halogens is 1. The SMILES string of the molecule is Cn1c(SC(C(N)=O)c2ccccc2)nnc1-c1ccc(Cl)cc1. The number of amides is 1. The fraction of sp³-hybridized carbons (Fsp3) is 0.118. The lowest BCUT2D eigenvalue weighted by atomic mass is 10.1. The Hall–Kier alpha value is -2.31. The summed E-state index contributed by atoms with van der Waals surface area (Å²) in [7, 11) is 1.86. The molecule has 5 nitrogen and oxygen atoms in total. The van der Waals surface area contributed by atoms with Gasteiger partial charge in [-0.25, -0.2) is 0 Å². The number of nitrogens with two attached hydrogens (primary N) is 1. The molecular weight excluding hydrogens is 344 g/mol. The molecule has 0 spiro atoms. The molecule has 0 radical (unpaired) electrons. The van der Waals surface area contributed by atoms with Gasteiger partial charge in [-0.3, -0.25) is 4.79 Å². The Bertz CT molecular complexity index is 849. The van der Waals surface area contributed by atoms with E-state index in [-0.39, 0.29) is 0 Å². The van der Waals surface area contributed by atoms with Crippen LogP contribution in [0, 0.1) is 0 Å². The van der Waals surface area contributed by atoms with Crippen LogP contribution in [0.15, 0.2) is 59.8 Å². The maximum absolute atomic E-state index is 11.9. The first kappa shape index (κ1) is 16.5. The molecule has 7 heteroatoms. The molecule has 1 heterocycles. The quantitative estimate of drug-likeness (QED) is 0.709. The summed E-state index contributed by atoms with van der Waals surface area (Å²) in [5.41, 5.74) is 7.31. The molecule has 0 aliphatic carbocycles. The summed E-state index contributed by atoms with van der Waals surface area (Å²) in [6, 6.07) is 16.8. The molecular formula is C17H15ClN4OS. The minimum atomic E-state index is -0.521. The van der Waals surface area contributed by atoms with Crippen molar-refractivity contribution in [2.24, 2.45) is 12.8 Å². The van der Waals surface area contributed by atoms with Crippen LogP contribution in [0.5, 0.6) is 0 Å². The summed E-state index contributed by atoms with van der Waals surface area (Å²) in [4.78, 5) is 11.9. The molecule has 1 aromatic heterocycles. The van der Waals surface area contributed by atoms with E-state index in [1.54, 1.807) is 12.1 Å². The molecule has 3 rings (SSSR count). The van der Waals surface area contributed by atoms with Crippen LogP contribution >= 0.6 is 23.4 Å². The van der Waals surface area contributed by atoms with Gasteiger partial charge in [-0.15, -0.1) is 10.2 Å². The topological polar surface area (TPSA) is 73.8 Å². The highest BCUT2D eigenvalue weighted by Crippen LogP contribution is 2.35. The van der Waals surface area contributed by atoms with Crippen LogP contribution in [-0.4, -0.2) is 20.7 Å². The van der Waals surface area contributed by atoms with Crippen molar-refractivity contribution in [2.45, 2.75) is 10.4 Å². The van der Waals surface area contributed by atoms with E-state index in [0.29, 0.717) is 16.0 Å². The Morgan fingerprint density at radius 2 is 1.79 bits per heavy atom. The molecule has 1 amide bonds. The number of hydrogen-bond donors (Lipinski definition) is 1. The molecule has 0 aliphatic rings. The van der Waals surface area contributed by atoms with Crippen molar-refractivity contribution in [1.29, 1.82) is 0 Å². The van der Waals surface area contributed by atoms with Crippen LogP contribution < -0.4 is 5.73 Å². The molecule has 0 saturated carbocycles. The summed E-state index contributed by atoms with van der Waals surface area (Å²) in [5, 5.41) is 9.17. The van der Waals surface area contributed by atoms with Crippen molar-refractivity contribution >= 4 is 29.3 Å². The van der Waals surface area contributed by atoms with Crippen molar-refractivity contribution < 1.29 is 4.79 Å². The van der Waals surface area contributed by atoms with Gasteiger partial charge < -0.3 is 10.3 Å². The van der Waals surface area contributed by atoms with Crippen molar-refractivity contribution in [1.82, 2.24) is 14.8 Å². The van der Waals surface area contributed by atoms with E-state index in [2.05, 4.69) is 10.2 Å². The van der Waals surface area contributed by atoms with E-state index in [9.17, 15) is 4.79 Å². The highest BCUT2D eigenvalue weighted by atomic mass is 35.5. The Morgan fingerprint density at radius 3 is 2.42 bits per heavy atom. The third-order valence-corrected chi connectivity index (χ3v) is 5.08. The van der Waals surface area contributed by atoms with Crippen molar-refractivity contribution in [3.8, 4) is 11.4 Å². The van der Waals surface area contributed by atoms with E-state index in [4.69, 9.17) is 17.3 Å². The number of carbonyl (C=O) groups is 1. The zero-order valence-corrected chi connectivity index (χ0v) is 14.5. The molecule has 0 fully saturated rings. The molecule has 0 bridgehead atoms. The Labute approximate surface area is 148 Å². The van der Waals surface area contributed by atoms with Gasteiger partial charge in [0.05, 0.1) is 0 Å². The van der Waals surface area contributed by atoms with E-state index < -0.39 is 11.2 Å². The molecule has 24 heavy (non-hydrogen) atoms. The van der Waals surface area contributed by atoms with E-state index in [0.717, 1.165) is 11.1 Å². The van der Waals surface area contributed by atoms with Crippen LogP contribution in [-0.2, 0) is 11.8 Å². The summed E-state index contributed by atoms with van der Waals surface area (Å²) in [6.07, 6.45) is 0. The average Bonchev–Trinajstić information content (AvgIpc) is 2.94. The molecule has 1 atom stereocenters. The largest absolute Gasteiger partial charge is 0.368 e. The second kappa shape index (κ2) is 7.07. The van der Waals surface area contributed by atoms with Crippen LogP contribution in [0.4, 0.5) is 0 Å². The second-order valence-electron chi connectivity index (χ2n) is 5.18. The Balaban J connectivity index is 1.90. The van der Waals surface area contributed by atoms with Gasteiger partial charge >= 0.3 is 0 Å². The first-order valence-electron chi connectivity index (χ1n) is 7.22. The normalized spacial score (nSPS) is 12.1. The number of hydrogen-bond acceptors (Lipinski definition) is 4. The van der Waals surface area contributed by atoms with Crippen LogP contribution in [0.2, 0.25) is 5.02 Å². The van der Waals surface area contributed by atoms with Gasteiger partial charge in [-0.2, -0.15) is 0 Å². The summed E-state index contributed by atoms with van der Waals surface area (Å²) >= 11 is 7.20. The number of rotatable bonds is 5. The molecule has 1 unspecified atom stereocenters. The predicted molar refractivity (Wildman–Crippen MR) is 95.7 cm³/mol. The Morgan fingerprint density at radius 1 is 1.12 bits per heavy atom. The number of thioether (sulfide) groups is 1. The lowest BCUT2D eigenvalue weighted by Gasteiger charge is -2.12. The zero-order valence-electron chi connectivity index (χ0n) is 12.9. The summed E-state index contributed by atoms with van der Waals surface area (Å²) in [5.74, 6) is 0.285. The van der Waals surface area contributed by atoms with Crippen LogP contribution in [0.25, 0.3) is 11.4 Å². The van der Waals surface area contributed by atoms with Crippen molar-refractivity contribution in [3.05, 3.63) is 65.2 Å². The molecule has 122 valence electrons. The lowest BCUT2D eigenvalue weighted by Crippen LogP contribution is -2.19. The predicted octanol–water partition coefficient (Wildman–Crippen LogP) is 3.45. The summed E-state index contributed by atoms with van der Waals surface area (Å²) < 4.78 is 1.84. The van der Waals surface area contributed by atoms with Gasteiger partial charge in [-0.05, 0) is 29.8 Å². The lowest BCUT2D eigenvalue weighted by molar-refractivity contribution is -0.117. The molecule has 2 N–H and O–H groups in total. The van der Waals surface area contributed by atoms with E-state index in [1.807, 2.05) is 54.1 Å². The minimum Gasteiger partial charge on any atom is -0.368 e. The number of carbonyl (C=O) groups excluding carboxylic acids is 1. The standard InChI is InChI=1S/C17H15ClN4OS/c1-22-16(12-7-9-13(18)10-8-12)20-21-17(22)24-14(15(19)23)11-5-3-2-4-6-11/h2-10,14H,1H3,(H2,19,23). The fourth-order valence-corrected chi connectivity index (χ4v) is 3.37.